The summed E-state index contributed by atoms with van der Waals surface area (Å²) in [6, 6.07) is 0. The molecule has 0 bridgehead atoms. The Morgan fingerprint density at radius 2 is 1.23 bits per heavy atom. The van der Waals surface area contributed by atoms with E-state index in [0.717, 1.165) is 0 Å². The molecule has 82 valence electrons. The van der Waals surface area contributed by atoms with Gasteiger partial charge in [0.15, 0.2) is 0 Å². The Bertz CT molecular complexity index is 71.4. The van der Waals surface area contributed by atoms with Gasteiger partial charge in [-0.15, -0.1) is 0 Å². The summed E-state index contributed by atoms with van der Waals surface area (Å²) in [4.78, 5) is 0. The molecule has 13 heavy (non-hydrogen) atoms. The fourth-order valence-corrected chi connectivity index (χ4v) is 0.289. The number of hydrogen-bond acceptors (Lipinski definition) is 6. The van der Waals surface area contributed by atoms with Gasteiger partial charge in [-0.05, 0) is 0 Å². The second-order valence-electron chi connectivity index (χ2n) is 2.08. The standard InChI is InChI=1S/C4H10O3.C3H8O3/c5-1-3-7-4-2-6;4-1-3(6)2-5/h5-6H,1-4H2;3-6H,1-2H2. The van der Waals surface area contributed by atoms with Crippen molar-refractivity contribution in [3.05, 3.63) is 0 Å². The van der Waals surface area contributed by atoms with Crippen molar-refractivity contribution in [3.8, 4) is 0 Å². The van der Waals surface area contributed by atoms with Crippen LogP contribution in [0.4, 0.5) is 0 Å². The normalized spacial score (nSPS) is 9.69. The molecule has 0 radical (unpaired) electrons. The van der Waals surface area contributed by atoms with Gasteiger partial charge in [0.25, 0.3) is 0 Å². The predicted octanol–water partition coefficient (Wildman–Crippen LogP) is -2.68. The van der Waals surface area contributed by atoms with Crippen molar-refractivity contribution in [2.24, 2.45) is 0 Å². The molecule has 0 amide bonds. The van der Waals surface area contributed by atoms with Gasteiger partial charge in [-0.25, -0.2) is 0 Å². The summed E-state index contributed by atoms with van der Waals surface area (Å²) in [5.41, 5.74) is 0. The molecule has 0 unspecified atom stereocenters. The van der Waals surface area contributed by atoms with E-state index in [-0.39, 0.29) is 26.4 Å². The molecule has 0 aromatic rings. The van der Waals surface area contributed by atoms with Crippen molar-refractivity contribution >= 4 is 0 Å². The van der Waals surface area contributed by atoms with Gasteiger partial charge >= 0.3 is 0 Å². The fourth-order valence-electron chi connectivity index (χ4n) is 0.289. The maximum Gasteiger partial charge on any atom is 0.100 e. The Balaban J connectivity index is 0. The van der Waals surface area contributed by atoms with Gasteiger partial charge in [0.2, 0.25) is 0 Å². The quantitative estimate of drug-likeness (QED) is 0.297. The molecule has 0 saturated heterocycles. The first kappa shape index (κ1) is 15.2. The first-order valence-electron chi connectivity index (χ1n) is 3.92. The lowest BCUT2D eigenvalue weighted by atomic mass is 10.4. The number of aliphatic hydroxyl groups excluding tert-OH is 5. The van der Waals surface area contributed by atoms with Gasteiger partial charge in [-0.2, -0.15) is 0 Å². The number of rotatable bonds is 6. The van der Waals surface area contributed by atoms with Crippen LogP contribution in [-0.2, 0) is 4.74 Å². The van der Waals surface area contributed by atoms with Crippen molar-refractivity contribution in [3.63, 3.8) is 0 Å². The summed E-state index contributed by atoms with van der Waals surface area (Å²) >= 11 is 0. The molecule has 0 rings (SSSR count). The van der Waals surface area contributed by atoms with E-state index in [9.17, 15) is 0 Å². The molecule has 0 fully saturated rings. The third kappa shape index (κ3) is 18.6. The summed E-state index contributed by atoms with van der Waals surface area (Å²) in [5, 5.41) is 40.2. The highest BCUT2D eigenvalue weighted by molar-refractivity contribution is 4.44. The highest BCUT2D eigenvalue weighted by Gasteiger charge is 1.93. The van der Waals surface area contributed by atoms with Crippen molar-refractivity contribution in [1.82, 2.24) is 0 Å². The van der Waals surface area contributed by atoms with Gasteiger partial charge in [0.05, 0.1) is 39.6 Å². The van der Waals surface area contributed by atoms with Gasteiger partial charge < -0.3 is 30.3 Å². The van der Waals surface area contributed by atoms with E-state index >= 15 is 0 Å². The molecule has 0 aliphatic heterocycles. The summed E-state index contributed by atoms with van der Waals surface area (Å²) in [5.74, 6) is 0. The minimum atomic E-state index is -0.954. The van der Waals surface area contributed by atoms with E-state index in [2.05, 4.69) is 4.74 Å². The summed E-state index contributed by atoms with van der Waals surface area (Å²) in [7, 11) is 0. The molecule has 0 aromatic heterocycles. The van der Waals surface area contributed by atoms with Crippen LogP contribution >= 0.6 is 0 Å². The molecule has 0 heterocycles. The third-order valence-electron chi connectivity index (χ3n) is 0.893. The highest BCUT2D eigenvalue weighted by Crippen LogP contribution is 1.71. The summed E-state index contributed by atoms with van der Waals surface area (Å²) < 4.78 is 4.63. The van der Waals surface area contributed by atoms with Crippen LogP contribution in [0.5, 0.6) is 0 Å². The zero-order valence-electron chi connectivity index (χ0n) is 7.46. The largest absolute Gasteiger partial charge is 0.394 e. The zero-order chi connectivity index (χ0) is 10.5. The number of ether oxygens (including phenoxy) is 1. The lowest BCUT2D eigenvalue weighted by Crippen LogP contribution is -2.15. The molecule has 0 spiro atoms. The average Bonchev–Trinajstić information content (AvgIpc) is 2.18. The van der Waals surface area contributed by atoms with Gasteiger partial charge in [0.1, 0.15) is 6.10 Å². The van der Waals surface area contributed by atoms with Crippen LogP contribution in [0.1, 0.15) is 0 Å². The Morgan fingerprint density at radius 3 is 1.38 bits per heavy atom. The third-order valence-corrected chi connectivity index (χ3v) is 0.893. The van der Waals surface area contributed by atoms with E-state index in [4.69, 9.17) is 25.5 Å². The minimum absolute atomic E-state index is 0.0278. The molecular formula is C7H18O6. The highest BCUT2D eigenvalue weighted by atomic mass is 16.5. The SMILES string of the molecule is OCC(O)CO.OCCOCCO. The summed E-state index contributed by atoms with van der Waals surface area (Å²) in [6.07, 6.45) is -0.954. The van der Waals surface area contributed by atoms with Crippen LogP contribution in [0.25, 0.3) is 0 Å². The lowest BCUT2D eigenvalue weighted by molar-refractivity contribution is 0.0450. The molecule has 6 heteroatoms. The van der Waals surface area contributed by atoms with E-state index in [1.54, 1.807) is 0 Å². The second-order valence-corrected chi connectivity index (χ2v) is 2.08. The van der Waals surface area contributed by atoms with Gasteiger partial charge in [-0.1, -0.05) is 0 Å². The molecule has 0 aliphatic rings. The lowest BCUT2D eigenvalue weighted by Gasteiger charge is -1.96. The first-order chi connectivity index (χ1) is 6.22. The zero-order valence-corrected chi connectivity index (χ0v) is 7.46. The Hall–Kier alpha value is -0.240. The van der Waals surface area contributed by atoms with E-state index < -0.39 is 6.10 Å². The van der Waals surface area contributed by atoms with Crippen molar-refractivity contribution in [2.45, 2.75) is 6.10 Å². The van der Waals surface area contributed by atoms with Crippen LogP contribution in [-0.4, -0.2) is 71.3 Å². The molecule has 0 aliphatic carbocycles. The van der Waals surface area contributed by atoms with E-state index in [1.165, 1.54) is 0 Å². The maximum absolute atomic E-state index is 8.17. The maximum atomic E-state index is 8.17. The molecule has 0 atom stereocenters. The molecular weight excluding hydrogens is 180 g/mol. The van der Waals surface area contributed by atoms with Crippen LogP contribution < -0.4 is 0 Å². The Morgan fingerprint density at radius 1 is 0.846 bits per heavy atom. The Kier molecular flexibility index (Phi) is 16.8. The van der Waals surface area contributed by atoms with Crippen LogP contribution in [0.3, 0.4) is 0 Å². The predicted molar refractivity (Wildman–Crippen MR) is 45.2 cm³/mol. The molecule has 5 N–H and O–H groups in total. The first-order valence-corrected chi connectivity index (χ1v) is 3.92. The van der Waals surface area contributed by atoms with E-state index in [1.807, 2.05) is 0 Å². The molecule has 0 aromatic carbocycles. The topological polar surface area (TPSA) is 110 Å². The monoisotopic (exact) mass is 198 g/mol. The van der Waals surface area contributed by atoms with E-state index in [0.29, 0.717) is 13.2 Å². The van der Waals surface area contributed by atoms with Gasteiger partial charge in [0, 0.05) is 0 Å². The number of hydrogen-bond donors (Lipinski definition) is 5. The molecule has 0 saturated carbocycles. The molecule has 6 nitrogen and oxygen atoms in total. The average molecular weight is 198 g/mol. The van der Waals surface area contributed by atoms with Crippen molar-refractivity contribution in [1.29, 1.82) is 0 Å². The van der Waals surface area contributed by atoms with Gasteiger partial charge in [-0.3, -0.25) is 0 Å². The van der Waals surface area contributed by atoms with Crippen molar-refractivity contribution in [2.75, 3.05) is 39.6 Å². The number of aliphatic hydroxyl groups is 5. The minimum Gasteiger partial charge on any atom is -0.394 e. The van der Waals surface area contributed by atoms with Crippen molar-refractivity contribution < 1.29 is 30.3 Å². The smallest absolute Gasteiger partial charge is 0.100 e. The summed E-state index contributed by atoms with van der Waals surface area (Å²) in [6.45, 7) is -0.0336. The van der Waals surface area contributed by atoms with Crippen LogP contribution in [0, 0.1) is 0 Å². The fraction of sp³-hybridized carbons (Fsp3) is 1.00. The Labute approximate surface area is 77.0 Å². The second kappa shape index (κ2) is 14.3. The van der Waals surface area contributed by atoms with Crippen LogP contribution in [0.2, 0.25) is 0 Å². The van der Waals surface area contributed by atoms with Crippen LogP contribution in [0.15, 0.2) is 0 Å².